The molecule has 0 bridgehead atoms. The van der Waals surface area contributed by atoms with Crippen LogP contribution in [0.15, 0.2) is 0 Å². The predicted octanol–water partition coefficient (Wildman–Crippen LogP) is 1.63. The number of ether oxygens (including phenoxy) is 1. The molecule has 11 heavy (non-hydrogen) atoms. The average molecular weight is 156 g/mol. The highest BCUT2D eigenvalue weighted by Gasteiger charge is 2.37. The van der Waals surface area contributed by atoms with Crippen molar-refractivity contribution in [1.82, 2.24) is 0 Å². The molecule has 0 saturated heterocycles. The summed E-state index contributed by atoms with van der Waals surface area (Å²) in [7, 11) is 2.08. The van der Waals surface area contributed by atoms with E-state index in [4.69, 9.17) is 4.74 Å². The molecule has 1 rings (SSSR count). The lowest BCUT2D eigenvalue weighted by Gasteiger charge is -2.30. The van der Waals surface area contributed by atoms with Gasteiger partial charge in [-0.2, -0.15) is 0 Å². The van der Waals surface area contributed by atoms with Crippen molar-refractivity contribution in [2.75, 3.05) is 7.05 Å². The molecule has 2 heteroatoms. The van der Waals surface area contributed by atoms with Crippen LogP contribution in [0.25, 0.3) is 0 Å². The minimum atomic E-state index is 0.252. The van der Waals surface area contributed by atoms with Crippen molar-refractivity contribution in [2.24, 2.45) is 0 Å². The van der Waals surface area contributed by atoms with Crippen LogP contribution in [-0.2, 0) is 4.74 Å². The molecule has 0 aromatic heterocycles. The molecule has 2 nitrogen and oxygen atoms in total. The quantitative estimate of drug-likeness (QED) is 0.486. The van der Waals surface area contributed by atoms with E-state index < -0.39 is 0 Å². The molecule has 1 atom stereocenters. The topological polar surface area (TPSA) is 12.2 Å². The van der Waals surface area contributed by atoms with Crippen molar-refractivity contribution < 1.29 is 9.31 Å². The maximum absolute atomic E-state index is 5.58. The van der Waals surface area contributed by atoms with E-state index in [2.05, 4.69) is 32.4 Å². The van der Waals surface area contributed by atoms with E-state index >= 15 is 0 Å². The molecule has 0 saturated carbocycles. The van der Waals surface area contributed by atoms with E-state index in [1.54, 1.807) is 0 Å². The molecule has 0 spiro atoms. The molecule has 0 aromatic carbocycles. The Hall–Kier alpha value is -0.530. The Morgan fingerprint density at radius 1 is 1.55 bits per heavy atom. The van der Waals surface area contributed by atoms with Crippen molar-refractivity contribution >= 4 is 5.90 Å². The van der Waals surface area contributed by atoms with Gasteiger partial charge in [-0.3, -0.25) is 0 Å². The number of hydrogen-bond donors (Lipinski definition) is 0. The largest absolute Gasteiger partial charge is 0.445 e. The first-order valence-electron chi connectivity index (χ1n) is 4.17. The summed E-state index contributed by atoms with van der Waals surface area (Å²) in [5.74, 6) is 1.04. The molecular weight excluding hydrogens is 138 g/mol. The molecule has 1 aliphatic rings. The molecule has 0 aliphatic carbocycles. The van der Waals surface area contributed by atoms with Gasteiger partial charge < -0.3 is 4.74 Å². The smallest absolute Gasteiger partial charge is 0.333 e. The van der Waals surface area contributed by atoms with Crippen molar-refractivity contribution in [3.05, 3.63) is 0 Å². The first-order chi connectivity index (χ1) is 4.93. The SMILES string of the molecule is CC1=[N+](C)C(C)(C)C[C@H](C)O1. The Labute approximate surface area is 68.9 Å². The maximum atomic E-state index is 5.58. The third-order valence-electron chi connectivity index (χ3n) is 2.54. The fraction of sp³-hybridized carbons (Fsp3) is 0.889. The number of nitrogens with zero attached hydrogens (tertiary/aromatic N) is 1. The fourth-order valence-electron chi connectivity index (χ4n) is 1.68. The zero-order valence-corrected chi connectivity index (χ0v) is 8.14. The van der Waals surface area contributed by atoms with Crippen molar-refractivity contribution in [2.45, 2.75) is 45.8 Å². The fourth-order valence-corrected chi connectivity index (χ4v) is 1.68. The number of hydrogen-bond acceptors (Lipinski definition) is 1. The van der Waals surface area contributed by atoms with E-state index in [-0.39, 0.29) is 5.54 Å². The third-order valence-corrected chi connectivity index (χ3v) is 2.54. The second kappa shape index (κ2) is 2.50. The van der Waals surface area contributed by atoms with Crippen LogP contribution in [0.5, 0.6) is 0 Å². The van der Waals surface area contributed by atoms with Gasteiger partial charge in [0.2, 0.25) is 0 Å². The minimum Gasteiger partial charge on any atom is -0.445 e. The van der Waals surface area contributed by atoms with E-state index in [9.17, 15) is 0 Å². The normalized spacial score (nSPS) is 30.1. The summed E-state index contributed by atoms with van der Waals surface area (Å²) < 4.78 is 7.78. The Morgan fingerprint density at radius 2 is 2.09 bits per heavy atom. The van der Waals surface area contributed by atoms with Crippen LogP contribution in [0.3, 0.4) is 0 Å². The van der Waals surface area contributed by atoms with Crippen LogP contribution in [0, 0.1) is 0 Å². The van der Waals surface area contributed by atoms with E-state index in [0.717, 1.165) is 12.3 Å². The Bertz CT molecular complexity index is 194. The molecule has 1 aliphatic heterocycles. The molecule has 64 valence electrons. The van der Waals surface area contributed by atoms with Crippen LogP contribution >= 0.6 is 0 Å². The minimum absolute atomic E-state index is 0.252. The van der Waals surface area contributed by atoms with E-state index in [1.807, 2.05) is 6.92 Å². The van der Waals surface area contributed by atoms with Gasteiger partial charge >= 0.3 is 5.90 Å². The van der Waals surface area contributed by atoms with Gasteiger partial charge in [0, 0.05) is 20.3 Å². The Morgan fingerprint density at radius 3 is 2.55 bits per heavy atom. The highest BCUT2D eigenvalue weighted by molar-refractivity contribution is 5.68. The molecule has 0 amide bonds. The lowest BCUT2D eigenvalue weighted by Crippen LogP contribution is -2.46. The van der Waals surface area contributed by atoms with Crippen LogP contribution in [0.1, 0.15) is 34.1 Å². The van der Waals surface area contributed by atoms with Crippen LogP contribution in [0.2, 0.25) is 0 Å². The third kappa shape index (κ3) is 1.55. The van der Waals surface area contributed by atoms with E-state index in [1.165, 1.54) is 0 Å². The summed E-state index contributed by atoms with van der Waals surface area (Å²) in [5.41, 5.74) is 0.252. The Kier molecular flexibility index (Phi) is 1.95. The first kappa shape index (κ1) is 8.57. The summed E-state index contributed by atoms with van der Waals surface area (Å²) in [4.78, 5) is 0. The summed E-state index contributed by atoms with van der Waals surface area (Å²) in [6.07, 6.45) is 1.46. The van der Waals surface area contributed by atoms with Crippen LogP contribution in [0.4, 0.5) is 0 Å². The van der Waals surface area contributed by atoms with Crippen LogP contribution < -0.4 is 0 Å². The van der Waals surface area contributed by atoms with Gasteiger partial charge in [0.15, 0.2) is 5.54 Å². The zero-order chi connectivity index (χ0) is 8.65. The van der Waals surface area contributed by atoms with E-state index in [0.29, 0.717) is 6.10 Å². The molecule has 0 radical (unpaired) electrons. The van der Waals surface area contributed by atoms with Crippen molar-refractivity contribution in [3.63, 3.8) is 0 Å². The number of rotatable bonds is 0. The molecule has 0 unspecified atom stereocenters. The van der Waals surface area contributed by atoms with Crippen molar-refractivity contribution in [1.29, 1.82) is 0 Å². The summed E-state index contributed by atoms with van der Waals surface area (Å²) in [6, 6.07) is 0. The zero-order valence-electron chi connectivity index (χ0n) is 8.14. The lowest BCUT2D eigenvalue weighted by atomic mass is 9.95. The van der Waals surface area contributed by atoms with Gasteiger partial charge in [0.05, 0.1) is 6.92 Å². The summed E-state index contributed by atoms with van der Waals surface area (Å²) in [6.45, 7) is 8.64. The molecular formula is C9H18NO+. The highest BCUT2D eigenvalue weighted by Crippen LogP contribution is 2.21. The second-order valence-corrected chi connectivity index (χ2v) is 4.02. The molecule has 1 heterocycles. The monoisotopic (exact) mass is 156 g/mol. The van der Waals surface area contributed by atoms with Crippen molar-refractivity contribution in [3.8, 4) is 0 Å². The second-order valence-electron chi connectivity index (χ2n) is 4.02. The van der Waals surface area contributed by atoms with Gasteiger partial charge in [-0.25, -0.2) is 4.58 Å². The Balaban J connectivity index is 2.93. The standard InChI is InChI=1S/C9H18NO/c1-7-6-9(3,4)10(5)8(2)11-7/h7H,6H2,1-5H3/q+1/t7-/m0/s1. The maximum Gasteiger partial charge on any atom is 0.333 e. The average Bonchev–Trinajstić information content (AvgIpc) is 1.81. The highest BCUT2D eigenvalue weighted by atomic mass is 16.5. The molecule has 0 N–H and O–H groups in total. The van der Waals surface area contributed by atoms with Gasteiger partial charge in [-0.15, -0.1) is 0 Å². The van der Waals surface area contributed by atoms with Gasteiger partial charge in [-0.05, 0) is 6.92 Å². The van der Waals surface area contributed by atoms with Crippen LogP contribution in [-0.4, -0.2) is 29.2 Å². The molecule has 0 aromatic rings. The van der Waals surface area contributed by atoms with Gasteiger partial charge in [0.25, 0.3) is 0 Å². The van der Waals surface area contributed by atoms with Gasteiger partial charge in [-0.1, -0.05) is 0 Å². The van der Waals surface area contributed by atoms with Gasteiger partial charge in [0.1, 0.15) is 13.2 Å². The first-order valence-corrected chi connectivity index (χ1v) is 4.17. The predicted molar refractivity (Wildman–Crippen MR) is 46.1 cm³/mol. The molecule has 0 fully saturated rings. The summed E-state index contributed by atoms with van der Waals surface area (Å²) >= 11 is 0. The lowest BCUT2D eigenvalue weighted by molar-refractivity contribution is -0.594. The summed E-state index contributed by atoms with van der Waals surface area (Å²) in [5, 5.41) is 0.